The zero-order chi connectivity index (χ0) is 22.1. The van der Waals surface area contributed by atoms with E-state index in [4.69, 9.17) is 0 Å². The predicted molar refractivity (Wildman–Crippen MR) is 115 cm³/mol. The van der Waals surface area contributed by atoms with E-state index in [0.29, 0.717) is 44.9 Å². The lowest BCUT2D eigenvalue weighted by Gasteiger charge is -2.36. The van der Waals surface area contributed by atoms with Crippen molar-refractivity contribution in [1.82, 2.24) is 19.8 Å². The fourth-order valence-corrected chi connectivity index (χ4v) is 4.96. The van der Waals surface area contributed by atoms with Gasteiger partial charge in [0.1, 0.15) is 16.8 Å². The van der Waals surface area contributed by atoms with E-state index in [9.17, 15) is 22.4 Å². The maximum atomic E-state index is 14.0. The van der Waals surface area contributed by atoms with Gasteiger partial charge in [0.2, 0.25) is 21.8 Å². The van der Waals surface area contributed by atoms with E-state index in [2.05, 4.69) is 10.0 Å². The van der Waals surface area contributed by atoms with Crippen LogP contribution in [-0.4, -0.2) is 87.4 Å². The summed E-state index contributed by atoms with van der Waals surface area (Å²) in [5.41, 5.74) is 0. The predicted octanol–water partition coefficient (Wildman–Crippen LogP) is 0.506. The fraction of sp³-hybridized carbons (Fsp3) is 0.579. The first kappa shape index (κ1) is 24.6. The number of hydrogen-bond donors (Lipinski definition) is 2. The minimum atomic E-state index is -4.18. The Hall–Kier alpha value is -1.69. The van der Waals surface area contributed by atoms with Crippen molar-refractivity contribution in [3.05, 3.63) is 30.1 Å². The molecule has 0 bridgehead atoms. The average molecular weight is 461 g/mol. The molecule has 168 valence electrons. The number of thioether (sulfide) groups is 1. The summed E-state index contributed by atoms with van der Waals surface area (Å²) in [5.74, 6) is -0.678. The summed E-state index contributed by atoms with van der Waals surface area (Å²) in [6.45, 7) is 4.54. The summed E-state index contributed by atoms with van der Waals surface area (Å²) in [6.07, 6.45) is 2.17. The molecule has 8 nitrogen and oxygen atoms in total. The van der Waals surface area contributed by atoms with Crippen LogP contribution in [0.2, 0.25) is 0 Å². The maximum absolute atomic E-state index is 14.0. The number of sulfonamides is 1. The Kier molecular flexibility index (Phi) is 9.53. The number of piperazine rings is 1. The van der Waals surface area contributed by atoms with Crippen LogP contribution in [-0.2, 0) is 19.6 Å². The van der Waals surface area contributed by atoms with Crippen LogP contribution in [0, 0.1) is 5.82 Å². The lowest BCUT2D eigenvalue weighted by molar-refractivity contribution is -0.135. The molecular weight excluding hydrogens is 431 g/mol. The fourth-order valence-electron chi connectivity index (χ4n) is 3.18. The minimum absolute atomic E-state index is 0.0622. The first-order valence-corrected chi connectivity index (χ1v) is 12.7. The van der Waals surface area contributed by atoms with Crippen LogP contribution >= 0.6 is 11.8 Å². The molecule has 1 aliphatic heterocycles. The van der Waals surface area contributed by atoms with Crippen molar-refractivity contribution in [2.75, 3.05) is 51.3 Å². The second kappa shape index (κ2) is 11.6. The first-order valence-electron chi connectivity index (χ1n) is 9.82. The molecule has 1 atom stereocenters. The van der Waals surface area contributed by atoms with Crippen LogP contribution in [0.5, 0.6) is 0 Å². The summed E-state index contributed by atoms with van der Waals surface area (Å²) in [7, 11) is -4.18. The van der Waals surface area contributed by atoms with E-state index in [1.165, 1.54) is 30.0 Å². The number of hydrogen-bond acceptors (Lipinski definition) is 6. The molecule has 0 saturated carbocycles. The average Bonchev–Trinajstić information content (AvgIpc) is 2.71. The van der Waals surface area contributed by atoms with Crippen molar-refractivity contribution < 1.29 is 22.4 Å². The summed E-state index contributed by atoms with van der Waals surface area (Å²) in [5, 5.41) is 2.74. The van der Waals surface area contributed by atoms with E-state index >= 15 is 0 Å². The van der Waals surface area contributed by atoms with Gasteiger partial charge >= 0.3 is 0 Å². The zero-order valence-corrected chi connectivity index (χ0v) is 18.9. The third-order valence-electron chi connectivity index (χ3n) is 4.76. The Morgan fingerprint density at radius 3 is 2.47 bits per heavy atom. The highest BCUT2D eigenvalue weighted by atomic mass is 32.2. The van der Waals surface area contributed by atoms with Gasteiger partial charge in [0.05, 0.1) is 6.54 Å². The van der Waals surface area contributed by atoms with Crippen molar-refractivity contribution in [2.45, 2.75) is 24.3 Å². The Bertz CT molecular complexity index is 830. The summed E-state index contributed by atoms with van der Waals surface area (Å²) in [4.78, 5) is 27.8. The van der Waals surface area contributed by atoms with Crippen molar-refractivity contribution in [1.29, 1.82) is 0 Å². The normalized spacial score (nSPS) is 16.3. The number of nitrogens with zero attached hydrogens (tertiary/aromatic N) is 2. The Balaban J connectivity index is 2.04. The molecule has 2 amide bonds. The number of rotatable bonds is 10. The lowest BCUT2D eigenvalue weighted by atomic mass is 10.2. The van der Waals surface area contributed by atoms with E-state index in [-0.39, 0.29) is 18.4 Å². The van der Waals surface area contributed by atoms with Gasteiger partial charge in [-0.2, -0.15) is 16.5 Å². The molecule has 1 aromatic rings. The molecule has 1 fully saturated rings. The van der Waals surface area contributed by atoms with Crippen LogP contribution in [0.25, 0.3) is 0 Å². The smallest absolute Gasteiger partial charge is 0.244 e. The Morgan fingerprint density at radius 1 is 1.20 bits per heavy atom. The van der Waals surface area contributed by atoms with Crippen molar-refractivity contribution in [3.8, 4) is 0 Å². The van der Waals surface area contributed by atoms with Crippen LogP contribution in [0.1, 0.15) is 13.3 Å². The third-order valence-corrected chi connectivity index (χ3v) is 6.91. The molecule has 30 heavy (non-hydrogen) atoms. The van der Waals surface area contributed by atoms with Crippen LogP contribution in [0.4, 0.5) is 4.39 Å². The van der Waals surface area contributed by atoms with Gasteiger partial charge in [-0.25, -0.2) is 12.8 Å². The molecule has 1 saturated heterocycles. The third kappa shape index (κ3) is 6.93. The SMILES string of the molecule is CCNC(=O)CN1CCN(C(=O)C(CCSC)NS(=O)(=O)c2ccccc2F)CC1. The number of benzene rings is 1. The number of halogens is 1. The molecule has 2 N–H and O–H groups in total. The van der Waals surface area contributed by atoms with Crippen LogP contribution in [0.15, 0.2) is 29.2 Å². The van der Waals surface area contributed by atoms with Gasteiger partial charge in [-0.15, -0.1) is 0 Å². The number of likely N-dealkylation sites (N-methyl/N-ethyl adjacent to an activating group) is 1. The number of amides is 2. The first-order chi connectivity index (χ1) is 14.3. The molecule has 1 aromatic carbocycles. The molecule has 1 unspecified atom stereocenters. The molecule has 1 aliphatic rings. The summed E-state index contributed by atoms with van der Waals surface area (Å²) < 4.78 is 41.7. The van der Waals surface area contributed by atoms with Gasteiger partial charge in [-0.1, -0.05) is 12.1 Å². The van der Waals surface area contributed by atoms with E-state index < -0.39 is 26.8 Å². The van der Waals surface area contributed by atoms with Gasteiger partial charge in [-0.05, 0) is 37.5 Å². The minimum Gasteiger partial charge on any atom is -0.355 e. The highest BCUT2D eigenvalue weighted by molar-refractivity contribution is 7.98. The maximum Gasteiger partial charge on any atom is 0.244 e. The highest BCUT2D eigenvalue weighted by Gasteiger charge is 2.32. The lowest BCUT2D eigenvalue weighted by Crippen LogP contribution is -2.56. The zero-order valence-electron chi connectivity index (χ0n) is 17.3. The summed E-state index contributed by atoms with van der Waals surface area (Å²) in [6, 6.07) is 4.11. The number of carbonyl (C=O) groups is 2. The summed E-state index contributed by atoms with van der Waals surface area (Å²) >= 11 is 1.50. The number of nitrogens with one attached hydrogen (secondary N) is 2. The Labute approximate surface area is 181 Å². The molecule has 2 rings (SSSR count). The molecule has 0 spiro atoms. The second-order valence-electron chi connectivity index (χ2n) is 6.94. The van der Waals surface area contributed by atoms with Crippen LogP contribution in [0.3, 0.4) is 0 Å². The van der Waals surface area contributed by atoms with Crippen molar-refractivity contribution >= 4 is 33.6 Å². The van der Waals surface area contributed by atoms with Crippen molar-refractivity contribution in [2.24, 2.45) is 0 Å². The molecular formula is C19H29FN4O4S2. The Morgan fingerprint density at radius 2 is 1.87 bits per heavy atom. The van der Waals surface area contributed by atoms with Gasteiger partial charge in [0.15, 0.2) is 0 Å². The van der Waals surface area contributed by atoms with Crippen LogP contribution < -0.4 is 10.0 Å². The van der Waals surface area contributed by atoms with Gasteiger partial charge in [-0.3, -0.25) is 14.5 Å². The van der Waals surface area contributed by atoms with E-state index in [1.54, 1.807) is 4.90 Å². The molecule has 1 heterocycles. The quantitative estimate of drug-likeness (QED) is 0.528. The van der Waals surface area contributed by atoms with E-state index in [0.717, 1.165) is 6.07 Å². The number of carbonyl (C=O) groups excluding carboxylic acids is 2. The molecule has 0 aliphatic carbocycles. The molecule has 11 heteroatoms. The van der Waals surface area contributed by atoms with Gasteiger partial charge in [0.25, 0.3) is 0 Å². The monoisotopic (exact) mass is 460 g/mol. The standard InChI is InChI=1S/C19H29FN4O4S2/c1-3-21-18(25)14-23-9-11-24(12-10-23)19(26)16(8-13-29-2)22-30(27,28)17-7-5-4-6-15(17)20/h4-7,16,22H,3,8-14H2,1-2H3,(H,21,25). The van der Waals surface area contributed by atoms with E-state index in [1.807, 2.05) is 18.1 Å². The topological polar surface area (TPSA) is 98.8 Å². The van der Waals surface area contributed by atoms with Gasteiger partial charge in [0, 0.05) is 32.7 Å². The molecule has 0 aromatic heterocycles. The van der Waals surface area contributed by atoms with Crippen molar-refractivity contribution in [3.63, 3.8) is 0 Å². The highest BCUT2D eigenvalue weighted by Crippen LogP contribution is 2.16. The second-order valence-corrected chi connectivity index (χ2v) is 9.61. The largest absolute Gasteiger partial charge is 0.355 e. The van der Waals surface area contributed by atoms with Gasteiger partial charge < -0.3 is 10.2 Å². The molecule has 0 radical (unpaired) electrons.